The van der Waals surface area contributed by atoms with Gasteiger partial charge >= 0.3 is 6.09 Å². The number of aromatic nitrogens is 4. The minimum Gasteiger partial charge on any atom is -0.453 e. The number of carbonyl (C=O) groups is 1. The molecule has 1 aliphatic rings. The van der Waals surface area contributed by atoms with Crippen LogP contribution in [0.2, 0.25) is 0 Å². The van der Waals surface area contributed by atoms with Crippen LogP contribution in [-0.2, 0) is 4.74 Å². The molecule has 0 saturated heterocycles. The van der Waals surface area contributed by atoms with E-state index in [1.165, 1.54) is 23.8 Å². The third-order valence-electron chi connectivity index (χ3n) is 7.51. The monoisotopic (exact) mass is 535 g/mol. The first-order chi connectivity index (χ1) is 18.7. The summed E-state index contributed by atoms with van der Waals surface area (Å²) in [6.07, 6.45) is 6.12. The average Bonchev–Trinajstić information content (AvgIpc) is 3.29. The Morgan fingerprint density at radius 2 is 1.92 bits per heavy atom. The number of halogens is 2. The molecule has 0 radical (unpaired) electrons. The number of nitrogens with two attached hydrogens (primary N) is 1. The van der Waals surface area contributed by atoms with Crippen LogP contribution in [0.4, 0.5) is 25.2 Å². The average molecular weight is 536 g/mol. The Labute approximate surface area is 225 Å². The maximum absolute atomic E-state index is 14.7. The fourth-order valence-corrected chi connectivity index (χ4v) is 5.80. The number of aryl methyl sites for hydroxylation is 1. The van der Waals surface area contributed by atoms with Crippen molar-refractivity contribution in [1.82, 2.24) is 24.5 Å². The highest BCUT2D eigenvalue weighted by atomic mass is 19.1. The van der Waals surface area contributed by atoms with Gasteiger partial charge in [-0.3, -0.25) is 4.98 Å². The smallest absolute Gasteiger partial charge is 0.409 e. The number of nitrogens with zero attached hydrogens (tertiary/aromatic N) is 5. The van der Waals surface area contributed by atoms with Gasteiger partial charge in [-0.2, -0.15) is 9.61 Å². The lowest BCUT2D eigenvalue weighted by Gasteiger charge is -2.43. The molecule has 5 rings (SSSR count). The first kappa shape index (κ1) is 26.5. The zero-order valence-electron chi connectivity index (χ0n) is 22.2. The molecule has 3 heterocycles. The number of imidazole rings is 1. The Kier molecular flexibility index (Phi) is 7.17. The van der Waals surface area contributed by atoms with E-state index in [0.29, 0.717) is 23.4 Å². The number of methoxy groups -OCH3 is 1. The molecule has 0 bridgehead atoms. The number of ether oxygens (including phenoxy) is 1. The van der Waals surface area contributed by atoms with Gasteiger partial charge in [0.25, 0.3) is 0 Å². The van der Waals surface area contributed by atoms with E-state index < -0.39 is 17.7 Å². The van der Waals surface area contributed by atoms with E-state index in [9.17, 15) is 13.6 Å². The molecule has 9 nitrogen and oxygen atoms in total. The summed E-state index contributed by atoms with van der Waals surface area (Å²) in [5, 5.41) is 7.81. The summed E-state index contributed by atoms with van der Waals surface area (Å²) in [5.41, 5.74) is 9.42. The molecule has 11 heteroatoms. The summed E-state index contributed by atoms with van der Waals surface area (Å²) in [6.45, 7) is 3.72. The molecular formula is C28H31F2N7O2. The van der Waals surface area contributed by atoms with Crippen LogP contribution in [0.25, 0.3) is 16.8 Å². The first-order valence-corrected chi connectivity index (χ1v) is 12.8. The Balaban J connectivity index is 1.44. The Bertz CT molecular complexity index is 1490. The predicted molar refractivity (Wildman–Crippen MR) is 144 cm³/mol. The van der Waals surface area contributed by atoms with Crippen molar-refractivity contribution in [2.24, 2.45) is 11.7 Å². The number of fused-ring (bicyclic) bond motifs is 1. The number of benzene rings is 1. The summed E-state index contributed by atoms with van der Waals surface area (Å²) < 4.78 is 35.7. The largest absolute Gasteiger partial charge is 0.453 e. The highest BCUT2D eigenvalue weighted by molar-refractivity contribution is 5.68. The van der Waals surface area contributed by atoms with Crippen LogP contribution in [0.5, 0.6) is 0 Å². The van der Waals surface area contributed by atoms with Crippen molar-refractivity contribution in [3.63, 3.8) is 0 Å². The molecular weight excluding hydrogens is 504 g/mol. The van der Waals surface area contributed by atoms with Gasteiger partial charge < -0.3 is 20.7 Å². The highest BCUT2D eigenvalue weighted by Gasteiger charge is 2.39. The van der Waals surface area contributed by atoms with Crippen LogP contribution in [0.1, 0.15) is 36.8 Å². The van der Waals surface area contributed by atoms with Gasteiger partial charge in [-0.1, -0.05) is 6.92 Å². The molecule has 3 aromatic heterocycles. The van der Waals surface area contributed by atoms with Crippen molar-refractivity contribution in [1.29, 1.82) is 0 Å². The molecule has 0 aliphatic heterocycles. The molecule has 4 atom stereocenters. The topological polar surface area (TPSA) is 111 Å². The first-order valence-electron chi connectivity index (χ1n) is 12.8. The van der Waals surface area contributed by atoms with Crippen molar-refractivity contribution in [3.05, 3.63) is 71.7 Å². The van der Waals surface area contributed by atoms with E-state index >= 15 is 0 Å². The second-order valence-corrected chi connectivity index (χ2v) is 10.2. The second kappa shape index (κ2) is 10.6. The van der Waals surface area contributed by atoms with Crippen molar-refractivity contribution in [3.8, 4) is 11.3 Å². The maximum atomic E-state index is 14.7. The zero-order chi connectivity index (χ0) is 27.8. The molecule has 1 fully saturated rings. The molecule has 3 N–H and O–H groups in total. The number of likely N-dealkylation sites (N-methyl/N-ethyl adjacent to an activating group) is 1. The number of amides is 1. The minimum absolute atomic E-state index is 0.105. The zero-order valence-corrected chi connectivity index (χ0v) is 22.2. The summed E-state index contributed by atoms with van der Waals surface area (Å²) in [5.74, 6) is -0.747. The molecule has 204 valence electrons. The summed E-state index contributed by atoms with van der Waals surface area (Å²) in [6, 6.07) is 7.39. The molecule has 39 heavy (non-hydrogen) atoms. The van der Waals surface area contributed by atoms with Crippen LogP contribution in [0.15, 0.2) is 48.9 Å². The van der Waals surface area contributed by atoms with Gasteiger partial charge in [0.05, 0.1) is 48.0 Å². The number of pyridine rings is 1. The van der Waals surface area contributed by atoms with Crippen LogP contribution in [-0.4, -0.2) is 56.8 Å². The van der Waals surface area contributed by atoms with Crippen molar-refractivity contribution in [2.45, 2.75) is 44.7 Å². The quantitative estimate of drug-likeness (QED) is 0.369. The van der Waals surface area contributed by atoms with Crippen molar-refractivity contribution >= 4 is 23.2 Å². The third kappa shape index (κ3) is 5.01. The van der Waals surface area contributed by atoms with Crippen LogP contribution < -0.4 is 11.1 Å². The van der Waals surface area contributed by atoms with Gasteiger partial charge in [-0.25, -0.2) is 18.6 Å². The molecule has 4 aromatic rings. The number of anilines is 2. The Morgan fingerprint density at radius 3 is 2.62 bits per heavy atom. The predicted octanol–water partition coefficient (Wildman–Crippen LogP) is 5.03. The van der Waals surface area contributed by atoms with E-state index in [-0.39, 0.29) is 35.2 Å². The normalized spacial score (nSPS) is 21.1. The van der Waals surface area contributed by atoms with Gasteiger partial charge in [0.2, 0.25) is 5.95 Å². The molecule has 1 amide bonds. The lowest BCUT2D eigenvalue weighted by molar-refractivity contribution is 0.0778. The fourth-order valence-electron chi connectivity index (χ4n) is 5.80. The lowest BCUT2D eigenvalue weighted by atomic mass is 9.73. The number of nitrogens with one attached hydrogen (secondary N) is 1. The number of carbonyl (C=O) groups excluding carboxylic acids is 1. The number of hydrogen-bond acceptors (Lipinski definition) is 7. The van der Waals surface area contributed by atoms with Gasteiger partial charge in [0, 0.05) is 19.3 Å². The Morgan fingerprint density at radius 1 is 1.18 bits per heavy atom. The summed E-state index contributed by atoms with van der Waals surface area (Å²) >= 11 is 0. The van der Waals surface area contributed by atoms with Crippen LogP contribution >= 0.6 is 0 Å². The second-order valence-electron chi connectivity index (χ2n) is 10.2. The van der Waals surface area contributed by atoms with E-state index in [4.69, 9.17) is 10.5 Å². The maximum Gasteiger partial charge on any atom is 0.409 e. The third-order valence-corrected chi connectivity index (χ3v) is 7.51. The van der Waals surface area contributed by atoms with E-state index in [1.54, 1.807) is 49.6 Å². The lowest BCUT2D eigenvalue weighted by Crippen LogP contribution is -2.55. The minimum atomic E-state index is -0.678. The standard InChI is InChI=1S/C28H31F2N7O2/c1-15-9-20(29)25(21(30)10-15)23-6-5-18-13-33-27(37(18)35-23)34-24-14-32-8-7-19(24)17-11-16(2)26(22(31)12-17)36(3)28(38)39-4/h5-10,13-14,16-17,22,26H,11-12,31H2,1-4H3,(H,33,34). The molecule has 1 aliphatic carbocycles. The number of hydrogen-bond donors (Lipinski definition) is 2. The summed E-state index contributed by atoms with van der Waals surface area (Å²) in [4.78, 5) is 22.5. The molecule has 0 spiro atoms. The number of rotatable bonds is 5. The van der Waals surface area contributed by atoms with Crippen molar-refractivity contribution < 1.29 is 18.3 Å². The van der Waals surface area contributed by atoms with Crippen LogP contribution in [0, 0.1) is 24.5 Å². The SMILES string of the molecule is COC(=O)N(C)C1C(C)CC(c2ccncc2Nc2ncc3ccc(-c4c(F)cc(C)cc4F)nn23)CC1N. The van der Waals surface area contributed by atoms with Gasteiger partial charge in [0.15, 0.2) is 0 Å². The van der Waals surface area contributed by atoms with E-state index in [1.807, 2.05) is 6.07 Å². The molecule has 1 saturated carbocycles. The molecule has 4 unspecified atom stereocenters. The van der Waals surface area contributed by atoms with E-state index in [0.717, 1.165) is 17.7 Å². The van der Waals surface area contributed by atoms with Crippen LogP contribution in [0.3, 0.4) is 0 Å². The molecule has 1 aromatic carbocycles. The van der Waals surface area contributed by atoms with Crippen molar-refractivity contribution in [2.75, 3.05) is 19.5 Å². The van der Waals surface area contributed by atoms with Gasteiger partial charge in [-0.15, -0.1) is 0 Å². The fraction of sp³-hybridized carbons (Fsp3) is 0.357. The van der Waals surface area contributed by atoms with Gasteiger partial charge in [0.1, 0.15) is 11.6 Å². The van der Waals surface area contributed by atoms with E-state index in [2.05, 4.69) is 27.3 Å². The Hall–Kier alpha value is -4.12. The van der Waals surface area contributed by atoms with Gasteiger partial charge in [-0.05, 0) is 73.1 Å². The highest BCUT2D eigenvalue weighted by Crippen LogP contribution is 2.40. The summed E-state index contributed by atoms with van der Waals surface area (Å²) in [7, 11) is 3.08.